The highest BCUT2D eigenvalue weighted by Crippen LogP contribution is 2.08. The molecular weight excluding hydrogens is 210 g/mol. The van der Waals surface area contributed by atoms with E-state index in [1.165, 1.54) is 0 Å². The molecule has 0 heterocycles. The van der Waals surface area contributed by atoms with Crippen LogP contribution in [-0.4, -0.2) is 31.5 Å². The largest absolute Gasteiger partial charge is 0.313 e. The van der Waals surface area contributed by atoms with E-state index in [1.807, 2.05) is 0 Å². The maximum atomic E-state index is 11.8. The number of hydrogen-bond donors (Lipinski definition) is 1. The highest BCUT2D eigenvalue weighted by molar-refractivity contribution is 7.92. The summed E-state index contributed by atoms with van der Waals surface area (Å²) in [5.41, 5.74) is 0. The van der Waals surface area contributed by atoms with Gasteiger partial charge in [0.15, 0.2) is 9.84 Å². The van der Waals surface area contributed by atoms with Gasteiger partial charge in [0.05, 0.1) is 10.5 Å². The van der Waals surface area contributed by atoms with Crippen molar-refractivity contribution in [2.75, 3.05) is 6.54 Å². The summed E-state index contributed by atoms with van der Waals surface area (Å²) >= 11 is 0. The molecule has 0 aliphatic rings. The molecule has 0 radical (unpaired) electrons. The third-order valence-electron chi connectivity index (χ3n) is 2.69. The van der Waals surface area contributed by atoms with Crippen LogP contribution in [-0.2, 0) is 9.84 Å². The minimum absolute atomic E-state index is 0.282. The Hall–Kier alpha value is -0.0900. The van der Waals surface area contributed by atoms with E-state index in [4.69, 9.17) is 0 Å². The molecule has 15 heavy (non-hydrogen) atoms. The molecule has 3 nitrogen and oxygen atoms in total. The fourth-order valence-corrected chi connectivity index (χ4v) is 2.74. The first kappa shape index (κ1) is 14.9. The predicted octanol–water partition coefficient (Wildman–Crippen LogP) is 1.98. The van der Waals surface area contributed by atoms with Crippen molar-refractivity contribution in [2.45, 2.75) is 64.0 Å². The van der Waals surface area contributed by atoms with Gasteiger partial charge >= 0.3 is 0 Å². The van der Waals surface area contributed by atoms with Crippen LogP contribution in [0, 0.1) is 0 Å². The van der Waals surface area contributed by atoms with E-state index in [1.54, 1.807) is 20.8 Å². The lowest BCUT2D eigenvalue weighted by atomic mass is 10.2. The quantitative estimate of drug-likeness (QED) is 0.734. The minimum atomic E-state index is -2.95. The van der Waals surface area contributed by atoms with E-state index >= 15 is 0 Å². The van der Waals surface area contributed by atoms with Crippen molar-refractivity contribution in [3.8, 4) is 0 Å². The molecule has 0 amide bonds. The monoisotopic (exact) mass is 235 g/mol. The normalized spacial score (nSPS) is 16.7. The Bertz CT molecular complexity index is 260. The van der Waals surface area contributed by atoms with E-state index in [9.17, 15) is 8.42 Å². The average Bonchev–Trinajstić information content (AvgIpc) is 2.14. The molecule has 2 atom stereocenters. The molecule has 2 unspecified atom stereocenters. The van der Waals surface area contributed by atoms with Crippen molar-refractivity contribution < 1.29 is 8.42 Å². The lowest BCUT2D eigenvalue weighted by Crippen LogP contribution is -2.38. The fourth-order valence-electron chi connectivity index (χ4n) is 1.48. The van der Waals surface area contributed by atoms with Crippen LogP contribution >= 0.6 is 0 Å². The minimum Gasteiger partial charge on any atom is -0.313 e. The Kier molecular flexibility index (Phi) is 6.44. The second-order valence-electron chi connectivity index (χ2n) is 4.55. The van der Waals surface area contributed by atoms with Crippen LogP contribution in [0.2, 0.25) is 0 Å². The van der Waals surface area contributed by atoms with E-state index in [2.05, 4.69) is 19.2 Å². The standard InChI is InChI=1S/C11H25NO2S/c1-6-7-10(4)12-8-11(5)15(13,14)9(2)3/h9-12H,6-8H2,1-5H3. The van der Waals surface area contributed by atoms with Crippen molar-refractivity contribution in [2.24, 2.45) is 0 Å². The van der Waals surface area contributed by atoms with Crippen LogP contribution in [0.5, 0.6) is 0 Å². The molecule has 4 heteroatoms. The number of hydrogen-bond acceptors (Lipinski definition) is 3. The maximum absolute atomic E-state index is 11.8. The van der Waals surface area contributed by atoms with Gasteiger partial charge in [-0.1, -0.05) is 13.3 Å². The van der Waals surface area contributed by atoms with Gasteiger partial charge in [0.1, 0.15) is 0 Å². The van der Waals surface area contributed by atoms with Crippen LogP contribution in [0.4, 0.5) is 0 Å². The van der Waals surface area contributed by atoms with Gasteiger partial charge in [0.2, 0.25) is 0 Å². The van der Waals surface area contributed by atoms with E-state index < -0.39 is 9.84 Å². The van der Waals surface area contributed by atoms with Crippen molar-refractivity contribution >= 4 is 9.84 Å². The summed E-state index contributed by atoms with van der Waals surface area (Å²) in [6.07, 6.45) is 2.22. The van der Waals surface area contributed by atoms with Crippen molar-refractivity contribution in [1.29, 1.82) is 0 Å². The molecule has 0 fully saturated rings. The van der Waals surface area contributed by atoms with Crippen LogP contribution in [0.15, 0.2) is 0 Å². The lowest BCUT2D eigenvalue weighted by molar-refractivity contribution is 0.499. The number of rotatable bonds is 7. The Morgan fingerprint density at radius 3 is 2.07 bits per heavy atom. The molecule has 0 aromatic rings. The summed E-state index contributed by atoms with van der Waals surface area (Å²) in [6, 6.07) is 0.403. The SMILES string of the molecule is CCCC(C)NCC(C)S(=O)(=O)C(C)C. The summed E-state index contributed by atoms with van der Waals surface area (Å²) in [7, 11) is -2.95. The molecule has 0 rings (SSSR count). The Balaban J connectivity index is 4.10. The predicted molar refractivity (Wildman–Crippen MR) is 65.9 cm³/mol. The zero-order chi connectivity index (χ0) is 12.1. The van der Waals surface area contributed by atoms with Crippen LogP contribution in [0.25, 0.3) is 0 Å². The topological polar surface area (TPSA) is 46.2 Å². The summed E-state index contributed by atoms with van der Waals surface area (Å²) in [5, 5.41) is 2.69. The Morgan fingerprint density at radius 1 is 1.13 bits per heavy atom. The van der Waals surface area contributed by atoms with Crippen LogP contribution < -0.4 is 5.32 Å². The molecule has 0 bridgehead atoms. The van der Waals surface area contributed by atoms with Crippen molar-refractivity contribution in [1.82, 2.24) is 5.32 Å². The average molecular weight is 235 g/mol. The lowest BCUT2D eigenvalue weighted by Gasteiger charge is -2.19. The van der Waals surface area contributed by atoms with Gasteiger partial charge in [-0.15, -0.1) is 0 Å². The van der Waals surface area contributed by atoms with E-state index in [0.29, 0.717) is 12.6 Å². The highest BCUT2D eigenvalue weighted by atomic mass is 32.2. The zero-order valence-corrected chi connectivity index (χ0v) is 11.4. The molecule has 0 aromatic heterocycles. The van der Waals surface area contributed by atoms with Gasteiger partial charge in [-0.25, -0.2) is 8.42 Å². The van der Waals surface area contributed by atoms with Gasteiger partial charge in [0, 0.05) is 12.6 Å². The van der Waals surface area contributed by atoms with Gasteiger partial charge in [-0.3, -0.25) is 0 Å². The van der Waals surface area contributed by atoms with Crippen molar-refractivity contribution in [3.05, 3.63) is 0 Å². The van der Waals surface area contributed by atoms with Crippen LogP contribution in [0.3, 0.4) is 0 Å². The van der Waals surface area contributed by atoms with Crippen molar-refractivity contribution in [3.63, 3.8) is 0 Å². The molecule has 0 aliphatic heterocycles. The summed E-state index contributed by atoms with van der Waals surface area (Å²) in [6.45, 7) is 10.0. The first-order valence-corrected chi connectivity index (χ1v) is 7.39. The highest BCUT2D eigenvalue weighted by Gasteiger charge is 2.24. The fraction of sp³-hybridized carbons (Fsp3) is 1.00. The Morgan fingerprint density at radius 2 is 1.67 bits per heavy atom. The molecule has 0 saturated heterocycles. The Labute approximate surface area is 94.6 Å². The molecule has 0 saturated carbocycles. The van der Waals surface area contributed by atoms with E-state index in [0.717, 1.165) is 12.8 Å². The molecule has 1 N–H and O–H groups in total. The molecule has 92 valence electrons. The summed E-state index contributed by atoms with van der Waals surface area (Å²) < 4.78 is 23.5. The molecule has 0 aromatic carbocycles. The maximum Gasteiger partial charge on any atom is 0.156 e. The molecule has 0 spiro atoms. The second kappa shape index (κ2) is 6.48. The molecular formula is C11H25NO2S. The zero-order valence-electron chi connectivity index (χ0n) is 10.6. The number of nitrogens with one attached hydrogen (secondary N) is 1. The van der Waals surface area contributed by atoms with Gasteiger partial charge in [-0.05, 0) is 34.1 Å². The summed E-state index contributed by atoms with van der Waals surface area (Å²) in [4.78, 5) is 0. The third kappa shape index (κ3) is 4.98. The number of sulfone groups is 1. The second-order valence-corrected chi connectivity index (χ2v) is 7.47. The van der Waals surface area contributed by atoms with Gasteiger partial charge in [0.25, 0.3) is 0 Å². The smallest absolute Gasteiger partial charge is 0.156 e. The summed E-state index contributed by atoms with van der Waals surface area (Å²) in [5.74, 6) is 0. The third-order valence-corrected chi connectivity index (χ3v) is 5.30. The van der Waals surface area contributed by atoms with E-state index in [-0.39, 0.29) is 10.5 Å². The molecule has 0 aliphatic carbocycles. The van der Waals surface area contributed by atoms with Gasteiger partial charge < -0.3 is 5.32 Å². The first-order chi connectivity index (χ1) is 6.82. The van der Waals surface area contributed by atoms with Crippen LogP contribution in [0.1, 0.15) is 47.5 Å². The van der Waals surface area contributed by atoms with Gasteiger partial charge in [-0.2, -0.15) is 0 Å². The first-order valence-electron chi connectivity index (χ1n) is 5.78.